The van der Waals surface area contributed by atoms with Crippen LogP contribution in [0.3, 0.4) is 0 Å². The smallest absolute Gasteiger partial charge is 0.244 e. The van der Waals surface area contributed by atoms with Gasteiger partial charge in [-0.3, -0.25) is 13.9 Å². The standard InChI is InChI=1S/C25H32ClN3O6S/c1-17(24(31)27-25(2,3)4)28(15-18-7-6-8-19(26)13-18)23(30)16-29(36(5,32)33)20-9-10-21-22(14-20)35-12-11-34-21/h6-10,13-14,17H,11-12,15-16H2,1-5H3,(H,27,31)/t17-/m1/s1. The van der Waals surface area contributed by atoms with E-state index in [9.17, 15) is 18.0 Å². The topological polar surface area (TPSA) is 105 Å². The van der Waals surface area contributed by atoms with Crippen LogP contribution in [0.15, 0.2) is 42.5 Å². The molecule has 1 heterocycles. The van der Waals surface area contributed by atoms with Gasteiger partial charge < -0.3 is 19.7 Å². The zero-order chi connectivity index (χ0) is 26.7. The number of fused-ring (bicyclic) bond motifs is 1. The normalized spacial score (nSPS) is 14.1. The number of ether oxygens (including phenoxy) is 2. The third-order valence-electron chi connectivity index (χ3n) is 5.40. The van der Waals surface area contributed by atoms with Crippen molar-refractivity contribution in [2.24, 2.45) is 0 Å². The molecule has 9 nitrogen and oxygen atoms in total. The van der Waals surface area contributed by atoms with E-state index in [0.717, 1.165) is 10.6 Å². The number of benzene rings is 2. The van der Waals surface area contributed by atoms with Crippen LogP contribution in [-0.2, 0) is 26.2 Å². The fourth-order valence-electron chi connectivity index (χ4n) is 3.69. The summed E-state index contributed by atoms with van der Waals surface area (Å²) < 4.78 is 37.6. The van der Waals surface area contributed by atoms with Crippen LogP contribution in [0.25, 0.3) is 0 Å². The van der Waals surface area contributed by atoms with Gasteiger partial charge in [0.1, 0.15) is 25.8 Å². The molecule has 0 fully saturated rings. The molecule has 0 aromatic heterocycles. The lowest BCUT2D eigenvalue weighted by atomic mass is 10.1. The molecule has 2 amide bonds. The summed E-state index contributed by atoms with van der Waals surface area (Å²) in [5.74, 6) is -0.0108. The molecular formula is C25H32ClN3O6S. The molecule has 2 aromatic carbocycles. The van der Waals surface area contributed by atoms with Gasteiger partial charge in [0.2, 0.25) is 21.8 Å². The number of hydrogen-bond donors (Lipinski definition) is 1. The molecule has 11 heteroatoms. The average Bonchev–Trinajstić information content (AvgIpc) is 2.78. The van der Waals surface area contributed by atoms with E-state index in [4.69, 9.17) is 21.1 Å². The molecule has 36 heavy (non-hydrogen) atoms. The van der Waals surface area contributed by atoms with Crippen molar-refractivity contribution in [1.82, 2.24) is 10.2 Å². The minimum absolute atomic E-state index is 0.0663. The first-order valence-corrected chi connectivity index (χ1v) is 13.7. The van der Waals surface area contributed by atoms with Crippen molar-refractivity contribution >= 4 is 39.1 Å². The van der Waals surface area contributed by atoms with Gasteiger partial charge in [0.25, 0.3) is 0 Å². The Bertz CT molecular complexity index is 1230. The molecule has 0 unspecified atom stereocenters. The van der Waals surface area contributed by atoms with E-state index in [1.807, 2.05) is 20.8 Å². The largest absolute Gasteiger partial charge is 0.486 e. The zero-order valence-corrected chi connectivity index (χ0v) is 22.6. The fourth-order valence-corrected chi connectivity index (χ4v) is 4.74. The molecule has 196 valence electrons. The summed E-state index contributed by atoms with van der Waals surface area (Å²) in [4.78, 5) is 27.9. The molecule has 3 rings (SSSR count). The highest BCUT2D eigenvalue weighted by atomic mass is 35.5. The van der Waals surface area contributed by atoms with Crippen molar-refractivity contribution in [2.45, 2.75) is 45.8 Å². The number of sulfonamides is 1. The Balaban J connectivity index is 1.93. The molecule has 0 saturated heterocycles. The number of carbonyl (C=O) groups is 2. The highest BCUT2D eigenvalue weighted by molar-refractivity contribution is 7.92. The lowest BCUT2D eigenvalue weighted by Gasteiger charge is -2.33. The van der Waals surface area contributed by atoms with Crippen molar-refractivity contribution in [3.8, 4) is 11.5 Å². The number of nitrogens with one attached hydrogen (secondary N) is 1. The molecular weight excluding hydrogens is 506 g/mol. The summed E-state index contributed by atoms with van der Waals surface area (Å²) in [6.07, 6.45) is 1.02. The van der Waals surface area contributed by atoms with Crippen LogP contribution >= 0.6 is 11.6 Å². The lowest BCUT2D eigenvalue weighted by Crippen LogP contribution is -2.54. The van der Waals surface area contributed by atoms with E-state index >= 15 is 0 Å². The van der Waals surface area contributed by atoms with Gasteiger partial charge in [-0.15, -0.1) is 0 Å². The first-order valence-electron chi connectivity index (χ1n) is 11.5. The number of rotatable bonds is 8. The minimum atomic E-state index is -3.86. The number of carbonyl (C=O) groups excluding carboxylic acids is 2. The Hall–Kier alpha value is -2.98. The Kier molecular flexibility index (Phi) is 8.40. The Labute approximate surface area is 217 Å². The van der Waals surface area contributed by atoms with E-state index < -0.39 is 34.1 Å². The Morgan fingerprint density at radius 1 is 1.08 bits per heavy atom. The molecule has 1 aliphatic heterocycles. The van der Waals surface area contributed by atoms with Gasteiger partial charge in [-0.25, -0.2) is 8.42 Å². The molecule has 0 radical (unpaired) electrons. The maximum Gasteiger partial charge on any atom is 0.244 e. The number of anilines is 1. The molecule has 0 spiro atoms. The summed E-state index contributed by atoms with van der Waals surface area (Å²) >= 11 is 6.13. The Morgan fingerprint density at radius 2 is 1.75 bits per heavy atom. The van der Waals surface area contributed by atoms with Gasteiger partial charge in [-0.05, 0) is 57.5 Å². The van der Waals surface area contributed by atoms with Gasteiger partial charge in [-0.2, -0.15) is 0 Å². The van der Waals surface area contributed by atoms with Crippen LogP contribution in [0.5, 0.6) is 11.5 Å². The highest BCUT2D eigenvalue weighted by Crippen LogP contribution is 2.34. The SMILES string of the molecule is C[C@H](C(=O)NC(C)(C)C)N(Cc1cccc(Cl)c1)C(=O)CN(c1ccc2c(c1)OCCO2)S(C)(=O)=O. The van der Waals surface area contributed by atoms with Crippen LogP contribution in [0.4, 0.5) is 5.69 Å². The third kappa shape index (κ3) is 7.27. The summed E-state index contributed by atoms with van der Waals surface area (Å²) in [5.41, 5.74) is 0.446. The van der Waals surface area contributed by atoms with Crippen LogP contribution in [-0.4, -0.2) is 62.7 Å². The molecule has 2 aromatic rings. The van der Waals surface area contributed by atoms with E-state index in [0.29, 0.717) is 35.3 Å². The fraction of sp³-hybridized carbons (Fsp3) is 0.440. The van der Waals surface area contributed by atoms with Crippen molar-refractivity contribution in [3.63, 3.8) is 0 Å². The average molecular weight is 538 g/mol. The molecule has 0 aliphatic carbocycles. The maximum atomic E-state index is 13.6. The number of halogens is 1. The van der Waals surface area contributed by atoms with E-state index in [-0.39, 0.29) is 18.1 Å². The first-order chi connectivity index (χ1) is 16.7. The van der Waals surface area contributed by atoms with Gasteiger partial charge >= 0.3 is 0 Å². The van der Waals surface area contributed by atoms with Crippen LogP contribution in [0.1, 0.15) is 33.3 Å². The van der Waals surface area contributed by atoms with Gasteiger partial charge in [-0.1, -0.05) is 23.7 Å². The summed E-state index contributed by atoms with van der Waals surface area (Å²) in [6.45, 7) is 7.42. The monoisotopic (exact) mass is 537 g/mol. The van der Waals surface area contributed by atoms with E-state index in [1.165, 1.54) is 11.0 Å². The zero-order valence-electron chi connectivity index (χ0n) is 21.1. The molecule has 1 N–H and O–H groups in total. The van der Waals surface area contributed by atoms with Crippen LogP contribution < -0.4 is 19.1 Å². The van der Waals surface area contributed by atoms with Gasteiger partial charge in [0, 0.05) is 23.2 Å². The third-order valence-corrected chi connectivity index (χ3v) is 6.78. The molecule has 0 saturated carbocycles. The minimum Gasteiger partial charge on any atom is -0.486 e. The van der Waals surface area contributed by atoms with Gasteiger partial charge in [0.05, 0.1) is 11.9 Å². The van der Waals surface area contributed by atoms with Crippen molar-refractivity contribution in [2.75, 3.05) is 30.3 Å². The highest BCUT2D eigenvalue weighted by Gasteiger charge is 2.32. The predicted molar refractivity (Wildman–Crippen MR) is 139 cm³/mol. The number of nitrogens with zero attached hydrogens (tertiary/aromatic N) is 2. The Morgan fingerprint density at radius 3 is 2.36 bits per heavy atom. The first kappa shape index (κ1) is 27.6. The second-order valence-electron chi connectivity index (χ2n) is 9.66. The maximum absolute atomic E-state index is 13.6. The number of hydrogen-bond acceptors (Lipinski definition) is 6. The second-order valence-corrected chi connectivity index (χ2v) is 12.0. The van der Waals surface area contributed by atoms with Crippen LogP contribution in [0, 0.1) is 0 Å². The van der Waals surface area contributed by atoms with E-state index in [2.05, 4.69) is 5.32 Å². The molecule has 0 bridgehead atoms. The van der Waals surface area contributed by atoms with Crippen molar-refractivity contribution in [1.29, 1.82) is 0 Å². The summed E-state index contributed by atoms with van der Waals surface area (Å²) in [5, 5.41) is 3.37. The summed E-state index contributed by atoms with van der Waals surface area (Å²) in [7, 11) is -3.86. The molecule has 1 aliphatic rings. The van der Waals surface area contributed by atoms with Crippen molar-refractivity contribution in [3.05, 3.63) is 53.1 Å². The predicted octanol–water partition coefficient (Wildman–Crippen LogP) is 3.21. The van der Waals surface area contributed by atoms with Crippen molar-refractivity contribution < 1.29 is 27.5 Å². The second kappa shape index (κ2) is 11.0. The molecule has 1 atom stereocenters. The lowest BCUT2D eigenvalue weighted by molar-refractivity contribution is -0.140. The van der Waals surface area contributed by atoms with Crippen LogP contribution in [0.2, 0.25) is 5.02 Å². The number of amides is 2. The summed E-state index contributed by atoms with van der Waals surface area (Å²) in [6, 6.07) is 10.8. The van der Waals surface area contributed by atoms with Gasteiger partial charge in [0.15, 0.2) is 11.5 Å². The van der Waals surface area contributed by atoms with E-state index in [1.54, 1.807) is 43.3 Å². The quantitative estimate of drug-likeness (QED) is 0.554.